The van der Waals surface area contributed by atoms with Crippen LogP contribution < -0.4 is 0 Å². The number of rotatable bonds is 36. The molecule has 1 unspecified atom stereocenters. The van der Waals surface area contributed by atoms with Gasteiger partial charge in [-0.25, -0.2) is 0 Å². The van der Waals surface area contributed by atoms with Gasteiger partial charge in [-0.2, -0.15) is 0 Å². The standard InChI is InChI=1S/C40H76O4/c1-3-5-7-9-11-13-15-17-18-19-20-21-23-24-26-28-30-32-34-38(36-37-39(41)42)44-40(43)35-33-31-29-27-25-22-16-14-12-10-8-6-4-2/h14,16,38H,3-13,15,17-37H2,1-2H3,(H,41,42)/b16-14-. The Morgan fingerprint density at radius 1 is 0.477 bits per heavy atom. The van der Waals surface area contributed by atoms with Gasteiger partial charge in [0.15, 0.2) is 0 Å². The molecular weight excluding hydrogens is 544 g/mol. The molecule has 0 amide bonds. The summed E-state index contributed by atoms with van der Waals surface area (Å²) in [7, 11) is 0. The molecule has 0 saturated carbocycles. The number of hydrogen-bond acceptors (Lipinski definition) is 3. The molecular formula is C40H76O4. The van der Waals surface area contributed by atoms with Crippen molar-refractivity contribution in [3.63, 3.8) is 0 Å². The second-order valence-corrected chi connectivity index (χ2v) is 13.5. The van der Waals surface area contributed by atoms with E-state index in [4.69, 9.17) is 9.84 Å². The van der Waals surface area contributed by atoms with Crippen molar-refractivity contribution in [3.05, 3.63) is 12.2 Å². The van der Waals surface area contributed by atoms with Gasteiger partial charge in [0.2, 0.25) is 0 Å². The number of carboxylic acid groups (broad SMARTS) is 1. The van der Waals surface area contributed by atoms with E-state index in [9.17, 15) is 9.59 Å². The highest BCUT2D eigenvalue weighted by Gasteiger charge is 2.16. The zero-order valence-corrected chi connectivity index (χ0v) is 29.7. The first-order valence-electron chi connectivity index (χ1n) is 19.7. The first-order valence-corrected chi connectivity index (χ1v) is 19.7. The van der Waals surface area contributed by atoms with Crippen molar-refractivity contribution in [2.75, 3.05) is 0 Å². The number of unbranched alkanes of at least 4 members (excludes halogenated alkanes) is 26. The van der Waals surface area contributed by atoms with Gasteiger partial charge in [-0.15, -0.1) is 0 Å². The van der Waals surface area contributed by atoms with Gasteiger partial charge < -0.3 is 9.84 Å². The molecule has 0 spiro atoms. The van der Waals surface area contributed by atoms with Crippen molar-refractivity contribution in [3.8, 4) is 0 Å². The summed E-state index contributed by atoms with van der Waals surface area (Å²) in [4.78, 5) is 23.5. The highest BCUT2D eigenvalue weighted by molar-refractivity contribution is 5.69. The van der Waals surface area contributed by atoms with Gasteiger partial charge in [-0.1, -0.05) is 174 Å². The molecule has 4 nitrogen and oxygen atoms in total. The van der Waals surface area contributed by atoms with E-state index in [-0.39, 0.29) is 18.5 Å². The van der Waals surface area contributed by atoms with E-state index >= 15 is 0 Å². The third kappa shape index (κ3) is 35.2. The molecule has 0 fully saturated rings. The lowest BCUT2D eigenvalue weighted by Crippen LogP contribution is -2.19. The van der Waals surface area contributed by atoms with E-state index in [1.54, 1.807) is 0 Å². The van der Waals surface area contributed by atoms with Crippen LogP contribution in [0.4, 0.5) is 0 Å². The maximum atomic E-state index is 12.4. The first kappa shape index (κ1) is 42.7. The summed E-state index contributed by atoms with van der Waals surface area (Å²) in [6.45, 7) is 4.54. The van der Waals surface area contributed by atoms with E-state index < -0.39 is 5.97 Å². The average Bonchev–Trinajstić information content (AvgIpc) is 3.01. The largest absolute Gasteiger partial charge is 0.481 e. The van der Waals surface area contributed by atoms with Crippen LogP contribution in [0.3, 0.4) is 0 Å². The van der Waals surface area contributed by atoms with Crippen LogP contribution in [-0.4, -0.2) is 23.1 Å². The molecule has 1 N–H and O–H groups in total. The number of ether oxygens (including phenoxy) is 1. The summed E-state index contributed by atoms with van der Waals surface area (Å²) in [5, 5.41) is 9.12. The Morgan fingerprint density at radius 2 is 0.841 bits per heavy atom. The highest BCUT2D eigenvalue weighted by Crippen LogP contribution is 2.18. The molecule has 4 heteroatoms. The van der Waals surface area contributed by atoms with Crippen molar-refractivity contribution in [1.29, 1.82) is 0 Å². The molecule has 260 valence electrons. The lowest BCUT2D eigenvalue weighted by molar-refractivity contribution is -0.151. The summed E-state index contributed by atoms with van der Waals surface area (Å²) in [5.74, 6) is -0.955. The SMILES string of the molecule is CCCCCC/C=C\CCCCCCCC(=O)OC(CCCCCCCCCCCCCCCCCCCC)CCC(=O)O. The van der Waals surface area contributed by atoms with Gasteiger partial charge in [-0.3, -0.25) is 9.59 Å². The van der Waals surface area contributed by atoms with Crippen LogP contribution in [0.25, 0.3) is 0 Å². The van der Waals surface area contributed by atoms with Crippen molar-refractivity contribution in [1.82, 2.24) is 0 Å². The van der Waals surface area contributed by atoms with Gasteiger partial charge in [0, 0.05) is 12.8 Å². The lowest BCUT2D eigenvalue weighted by atomic mass is 10.0. The van der Waals surface area contributed by atoms with Crippen LogP contribution in [0.5, 0.6) is 0 Å². The van der Waals surface area contributed by atoms with Crippen molar-refractivity contribution >= 4 is 11.9 Å². The third-order valence-corrected chi connectivity index (χ3v) is 9.00. The van der Waals surface area contributed by atoms with Gasteiger partial charge >= 0.3 is 11.9 Å². The molecule has 0 aromatic rings. The van der Waals surface area contributed by atoms with Crippen molar-refractivity contribution in [2.45, 2.75) is 232 Å². The molecule has 0 saturated heterocycles. The molecule has 0 aromatic carbocycles. The smallest absolute Gasteiger partial charge is 0.306 e. The van der Waals surface area contributed by atoms with Crippen LogP contribution >= 0.6 is 0 Å². The van der Waals surface area contributed by atoms with Crippen LogP contribution in [0.15, 0.2) is 12.2 Å². The van der Waals surface area contributed by atoms with E-state index in [0.717, 1.165) is 32.1 Å². The summed E-state index contributed by atoms with van der Waals surface area (Å²) in [6, 6.07) is 0. The third-order valence-electron chi connectivity index (χ3n) is 9.00. The van der Waals surface area contributed by atoms with E-state index in [1.165, 1.54) is 161 Å². The quantitative estimate of drug-likeness (QED) is 0.0430. The van der Waals surface area contributed by atoms with Crippen LogP contribution in [0.2, 0.25) is 0 Å². The molecule has 0 bridgehead atoms. The van der Waals surface area contributed by atoms with E-state index in [2.05, 4.69) is 26.0 Å². The predicted octanol–water partition coefficient (Wildman–Crippen LogP) is 13.5. The fraction of sp³-hybridized carbons (Fsp3) is 0.900. The molecule has 0 aromatic heterocycles. The van der Waals surface area contributed by atoms with Gasteiger partial charge in [0.25, 0.3) is 0 Å². The Kier molecular flexibility index (Phi) is 35.1. The lowest BCUT2D eigenvalue weighted by Gasteiger charge is -2.17. The van der Waals surface area contributed by atoms with Crippen LogP contribution in [-0.2, 0) is 14.3 Å². The van der Waals surface area contributed by atoms with Crippen LogP contribution in [0, 0.1) is 0 Å². The Labute approximate surface area is 275 Å². The van der Waals surface area contributed by atoms with Crippen LogP contribution in [0.1, 0.15) is 226 Å². The Morgan fingerprint density at radius 3 is 1.27 bits per heavy atom. The molecule has 0 rings (SSSR count). The van der Waals surface area contributed by atoms with Crippen molar-refractivity contribution in [2.24, 2.45) is 0 Å². The minimum atomic E-state index is -0.810. The Balaban J connectivity index is 3.70. The van der Waals surface area contributed by atoms with Gasteiger partial charge in [0.05, 0.1) is 0 Å². The maximum absolute atomic E-state index is 12.4. The van der Waals surface area contributed by atoms with E-state index in [0.29, 0.717) is 12.8 Å². The number of hydrogen-bond donors (Lipinski definition) is 1. The molecule has 44 heavy (non-hydrogen) atoms. The summed E-state index contributed by atoms with van der Waals surface area (Å²) in [6.07, 6.45) is 43.7. The Hall–Kier alpha value is -1.32. The number of aliphatic carboxylic acids is 1. The molecule has 0 heterocycles. The zero-order chi connectivity index (χ0) is 32.2. The summed E-state index contributed by atoms with van der Waals surface area (Å²) >= 11 is 0. The zero-order valence-electron chi connectivity index (χ0n) is 29.7. The number of allylic oxidation sites excluding steroid dienone is 2. The number of carbonyl (C=O) groups excluding carboxylic acids is 1. The number of carbonyl (C=O) groups is 2. The molecule has 1 atom stereocenters. The second kappa shape index (κ2) is 36.2. The summed E-state index contributed by atoms with van der Waals surface area (Å²) < 4.78 is 5.73. The first-order chi connectivity index (χ1) is 21.6. The predicted molar refractivity (Wildman–Crippen MR) is 190 cm³/mol. The van der Waals surface area contributed by atoms with E-state index in [1.807, 2.05) is 0 Å². The average molecular weight is 621 g/mol. The fourth-order valence-electron chi connectivity index (χ4n) is 6.05. The number of carboxylic acids is 1. The minimum absolute atomic E-state index is 0.0736. The normalized spacial score (nSPS) is 12.2. The minimum Gasteiger partial charge on any atom is -0.481 e. The Bertz CT molecular complexity index is 629. The monoisotopic (exact) mass is 621 g/mol. The molecule has 0 aliphatic heterocycles. The van der Waals surface area contributed by atoms with Gasteiger partial charge in [0.1, 0.15) is 6.10 Å². The topological polar surface area (TPSA) is 63.6 Å². The molecule has 0 aliphatic rings. The van der Waals surface area contributed by atoms with Gasteiger partial charge in [-0.05, 0) is 51.4 Å². The molecule has 0 radical (unpaired) electrons. The number of esters is 1. The maximum Gasteiger partial charge on any atom is 0.306 e. The molecule has 0 aliphatic carbocycles. The summed E-state index contributed by atoms with van der Waals surface area (Å²) in [5.41, 5.74) is 0. The highest BCUT2D eigenvalue weighted by atomic mass is 16.5. The fourth-order valence-corrected chi connectivity index (χ4v) is 6.05. The van der Waals surface area contributed by atoms with Crippen molar-refractivity contribution < 1.29 is 19.4 Å². The second-order valence-electron chi connectivity index (χ2n) is 13.5.